The highest BCUT2D eigenvalue weighted by Crippen LogP contribution is 2.37. The monoisotopic (exact) mass is 496 g/mol. The van der Waals surface area contributed by atoms with Crippen LogP contribution in [0.2, 0.25) is 0 Å². The number of nitrogens with one attached hydrogen (secondary N) is 2. The number of alkyl carbamates (subject to hydrolysis) is 1. The molecule has 4 rings (SSSR count). The number of benzene rings is 1. The van der Waals surface area contributed by atoms with Crippen LogP contribution < -0.4 is 10.8 Å². The third kappa shape index (κ3) is 5.02. The Bertz CT molecular complexity index is 1080. The van der Waals surface area contributed by atoms with E-state index in [2.05, 4.69) is 15.3 Å². The van der Waals surface area contributed by atoms with Gasteiger partial charge in [-0.1, -0.05) is 38.1 Å². The Morgan fingerprint density at radius 1 is 1.17 bits per heavy atom. The van der Waals surface area contributed by atoms with E-state index in [1.165, 1.54) is 7.05 Å². The average molecular weight is 496 g/mol. The molecule has 36 heavy (non-hydrogen) atoms. The van der Waals surface area contributed by atoms with Gasteiger partial charge in [0.2, 0.25) is 0 Å². The van der Waals surface area contributed by atoms with Crippen LogP contribution in [0.1, 0.15) is 66.3 Å². The fourth-order valence-electron chi connectivity index (χ4n) is 4.58. The molecule has 0 spiro atoms. The molecule has 1 aromatic heterocycles. The molecule has 0 bridgehead atoms. The number of imidazole rings is 1. The molecule has 1 aromatic carbocycles. The molecule has 0 radical (unpaired) electrons. The lowest BCUT2D eigenvalue weighted by Gasteiger charge is -2.32. The quantitative estimate of drug-likeness (QED) is 0.594. The van der Waals surface area contributed by atoms with Crippen LogP contribution in [0, 0.1) is 5.92 Å². The number of carbonyl (C=O) groups excluding carboxylic acids is 2. The first kappa shape index (κ1) is 26.2. The first-order valence-corrected chi connectivity index (χ1v) is 12.6. The normalized spacial score (nSPS) is 21.6. The Labute approximate surface area is 213 Å². The van der Waals surface area contributed by atoms with E-state index < -0.39 is 19.3 Å². The van der Waals surface area contributed by atoms with E-state index in [-0.39, 0.29) is 29.1 Å². The standard InChI is InChI=1S/C26H37BN4O5/c1-16(2)21(34-24(33)28-7)23(32)31-14-8-9-20(31)22-29-15-19(30-22)17-10-12-18(13-11-17)27-35-25(3,4)26(5,6)36-27/h10-13,15-16,20-21H,8-9,14H2,1-7H3,(H,28,33)(H,29,30). The molecule has 2 unspecified atom stereocenters. The maximum Gasteiger partial charge on any atom is 0.494 e. The van der Waals surface area contributed by atoms with E-state index in [0.717, 1.165) is 35.4 Å². The van der Waals surface area contributed by atoms with Gasteiger partial charge in [-0.15, -0.1) is 0 Å². The van der Waals surface area contributed by atoms with Crippen LogP contribution >= 0.6 is 0 Å². The summed E-state index contributed by atoms with van der Waals surface area (Å²) in [4.78, 5) is 34.9. The van der Waals surface area contributed by atoms with Gasteiger partial charge in [-0.2, -0.15) is 0 Å². The van der Waals surface area contributed by atoms with Crippen LogP contribution in [0.4, 0.5) is 4.79 Å². The lowest BCUT2D eigenvalue weighted by Crippen LogP contribution is -2.45. The Morgan fingerprint density at radius 2 is 1.81 bits per heavy atom. The molecule has 2 saturated heterocycles. The summed E-state index contributed by atoms with van der Waals surface area (Å²) >= 11 is 0. The summed E-state index contributed by atoms with van der Waals surface area (Å²) in [7, 11) is 1.07. The van der Waals surface area contributed by atoms with Crippen molar-refractivity contribution in [1.82, 2.24) is 20.2 Å². The Balaban J connectivity index is 1.48. The minimum atomic E-state index is -0.845. The highest BCUT2D eigenvalue weighted by atomic mass is 16.7. The summed E-state index contributed by atoms with van der Waals surface area (Å²) in [5, 5.41) is 2.42. The van der Waals surface area contributed by atoms with Crippen molar-refractivity contribution < 1.29 is 23.6 Å². The van der Waals surface area contributed by atoms with Gasteiger partial charge in [0.1, 0.15) is 5.82 Å². The molecule has 2 amide bonds. The number of ether oxygens (including phenoxy) is 1. The maximum absolute atomic E-state index is 13.3. The van der Waals surface area contributed by atoms with E-state index in [9.17, 15) is 9.59 Å². The second-order valence-corrected chi connectivity index (χ2v) is 10.9. The molecule has 2 aliphatic rings. The summed E-state index contributed by atoms with van der Waals surface area (Å²) < 4.78 is 17.7. The zero-order valence-electron chi connectivity index (χ0n) is 22.3. The van der Waals surface area contributed by atoms with Crippen molar-refractivity contribution in [3.8, 4) is 11.3 Å². The highest BCUT2D eigenvalue weighted by molar-refractivity contribution is 6.62. The van der Waals surface area contributed by atoms with Crippen LogP contribution in [-0.2, 0) is 18.8 Å². The third-order valence-electron chi connectivity index (χ3n) is 7.48. The average Bonchev–Trinajstić information content (AvgIpc) is 3.54. The minimum Gasteiger partial charge on any atom is -0.436 e. The van der Waals surface area contributed by atoms with Crippen molar-refractivity contribution >= 4 is 24.6 Å². The van der Waals surface area contributed by atoms with Gasteiger partial charge in [-0.25, -0.2) is 9.78 Å². The predicted octanol–water partition coefficient (Wildman–Crippen LogP) is 3.42. The molecule has 0 saturated carbocycles. The molecule has 0 aliphatic carbocycles. The molecular weight excluding hydrogens is 459 g/mol. The molecule has 2 fully saturated rings. The van der Waals surface area contributed by atoms with Gasteiger partial charge < -0.3 is 29.2 Å². The molecule has 2 aliphatic heterocycles. The van der Waals surface area contributed by atoms with Crippen molar-refractivity contribution in [1.29, 1.82) is 0 Å². The first-order chi connectivity index (χ1) is 16.9. The fourth-order valence-corrected chi connectivity index (χ4v) is 4.58. The third-order valence-corrected chi connectivity index (χ3v) is 7.48. The number of aromatic amines is 1. The molecular formula is C26H37BN4O5. The van der Waals surface area contributed by atoms with Gasteiger partial charge in [0.25, 0.3) is 5.91 Å². The van der Waals surface area contributed by atoms with Crippen LogP contribution in [0.3, 0.4) is 0 Å². The number of likely N-dealkylation sites (tertiary alicyclic amines) is 1. The number of hydrogen-bond donors (Lipinski definition) is 2. The van der Waals surface area contributed by atoms with Crippen molar-refractivity contribution in [3.63, 3.8) is 0 Å². The van der Waals surface area contributed by atoms with Crippen LogP contribution in [-0.4, -0.2) is 64.9 Å². The van der Waals surface area contributed by atoms with Crippen LogP contribution in [0.25, 0.3) is 11.3 Å². The lowest BCUT2D eigenvalue weighted by atomic mass is 9.79. The Morgan fingerprint density at radius 3 is 2.39 bits per heavy atom. The number of aromatic nitrogens is 2. The number of H-pyrrole nitrogens is 1. The van der Waals surface area contributed by atoms with Gasteiger partial charge in [0.05, 0.1) is 29.1 Å². The number of rotatable bonds is 6. The smallest absolute Gasteiger partial charge is 0.436 e. The Hall–Kier alpha value is -2.85. The summed E-state index contributed by atoms with van der Waals surface area (Å²) in [5.41, 5.74) is 2.03. The van der Waals surface area contributed by atoms with Crippen molar-refractivity contribution in [2.75, 3.05) is 13.6 Å². The van der Waals surface area contributed by atoms with Gasteiger partial charge >= 0.3 is 13.2 Å². The van der Waals surface area contributed by atoms with E-state index in [0.29, 0.717) is 6.54 Å². The fraction of sp³-hybridized carbons (Fsp3) is 0.577. The number of carbonyl (C=O) groups is 2. The Kier molecular flexibility index (Phi) is 7.21. The summed E-state index contributed by atoms with van der Waals surface area (Å²) in [6.45, 7) is 12.5. The second-order valence-electron chi connectivity index (χ2n) is 10.9. The van der Waals surface area contributed by atoms with Crippen molar-refractivity contribution in [2.45, 2.75) is 77.7 Å². The highest BCUT2D eigenvalue weighted by Gasteiger charge is 2.51. The maximum atomic E-state index is 13.3. The first-order valence-electron chi connectivity index (χ1n) is 12.6. The molecule has 2 atom stereocenters. The molecule has 2 aromatic rings. The topological polar surface area (TPSA) is 106 Å². The molecule has 194 valence electrons. The molecule has 10 heteroatoms. The number of nitrogens with zero attached hydrogens (tertiary/aromatic N) is 2. The van der Waals surface area contributed by atoms with Crippen LogP contribution in [0.15, 0.2) is 30.5 Å². The van der Waals surface area contributed by atoms with Gasteiger partial charge in [0.15, 0.2) is 6.10 Å². The minimum absolute atomic E-state index is 0.147. The summed E-state index contributed by atoms with van der Waals surface area (Å²) in [5.74, 6) is 0.389. The summed E-state index contributed by atoms with van der Waals surface area (Å²) in [6, 6.07) is 7.85. The molecule has 9 nitrogen and oxygen atoms in total. The zero-order valence-corrected chi connectivity index (χ0v) is 22.3. The van der Waals surface area contributed by atoms with E-state index in [1.54, 1.807) is 11.1 Å². The van der Waals surface area contributed by atoms with Crippen LogP contribution in [0.5, 0.6) is 0 Å². The van der Waals surface area contributed by atoms with Crippen molar-refractivity contribution in [3.05, 3.63) is 36.3 Å². The molecule has 2 N–H and O–H groups in total. The SMILES string of the molecule is CNC(=O)OC(C(=O)N1CCCC1c1ncc(-c2ccc(B3OC(C)(C)C(C)(C)O3)cc2)[nH]1)C(C)C. The predicted molar refractivity (Wildman–Crippen MR) is 138 cm³/mol. The van der Waals surface area contributed by atoms with Gasteiger partial charge in [-0.05, 0) is 57.5 Å². The zero-order chi connectivity index (χ0) is 26.3. The lowest BCUT2D eigenvalue weighted by molar-refractivity contribution is -0.143. The number of hydrogen-bond acceptors (Lipinski definition) is 6. The van der Waals surface area contributed by atoms with Gasteiger partial charge in [-0.3, -0.25) is 4.79 Å². The second kappa shape index (κ2) is 9.90. The van der Waals surface area contributed by atoms with E-state index >= 15 is 0 Å². The van der Waals surface area contributed by atoms with E-state index in [4.69, 9.17) is 14.0 Å². The molecule has 3 heterocycles. The summed E-state index contributed by atoms with van der Waals surface area (Å²) in [6.07, 6.45) is 2.00. The number of amides is 2. The van der Waals surface area contributed by atoms with Gasteiger partial charge in [0, 0.05) is 13.6 Å². The largest absolute Gasteiger partial charge is 0.494 e. The van der Waals surface area contributed by atoms with Crippen molar-refractivity contribution in [2.24, 2.45) is 5.92 Å². The van der Waals surface area contributed by atoms with E-state index in [1.807, 2.05) is 65.8 Å².